The summed E-state index contributed by atoms with van der Waals surface area (Å²) in [6.07, 6.45) is 0. The summed E-state index contributed by atoms with van der Waals surface area (Å²) < 4.78 is 0.794. The van der Waals surface area contributed by atoms with Gasteiger partial charge in [-0.15, -0.1) is 0 Å². The first-order valence-corrected chi connectivity index (χ1v) is 8.05. The molecule has 2 aromatic carbocycles. The van der Waals surface area contributed by atoms with Gasteiger partial charge in [0.25, 0.3) is 0 Å². The molecule has 0 atom stereocenters. The first-order valence-electron chi connectivity index (χ1n) is 7.26. The molecule has 5 heteroatoms. The molecule has 0 aliphatic heterocycles. The van der Waals surface area contributed by atoms with Gasteiger partial charge in [-0.25, -0.2) is 0 Å². The second-order valence-electron chi connectivity index (χ2n) is 5.35. The maximum Gasteiger partial charge on any atom is 0.246 e. The summed E-state index contributed by atoms with van der Waals surface area (Å²) >= 11 is 3.47. The zero-order valence-electron chi connectivity index (χ0n) is 13.4. The standard InChI is InChI=1S/C18H19BrN2O2/c1-13-9-10-17(16(19)11-13)21(14(2)22)12-18(23)20(3)15-7-5-4-6-8-15/h4-11H,12H2,1-3H3. The summed E-state index contributed by atoms with van der Waals surface area (Å²) in [6.45, 7) is 3.42. The minimum atomic E-state index is -0.177. The van der Waals surface area contributed by atoms with E-state index in [0.29, 0.717) is 5.69 Å². The second-order valence-corrected chi connectivity index (χ2v) is 6.20. The van der Waals surface area contributed by atoms with Crippen molar-refractivity contribution in [2.24, 2.45) is 0 Å². The Labute approximate surface area is 144 Å². The van der Waals surface area contributed by atoms with E-state index in [1.165, 1.54) is 11.8 Å². The number of hydrogen-bond acceptors (Lipinski definition) is 2. The number of likely N-dealkylation sites (N-methyl/N-ethyl adjacent to an activating group) is 1. The highest BCUT2D eigenvalue weighted by atomic mass is 79.9. The highest BCUT2D eigenvalue weighted by Crippen LogP contribution is 2.27. The van der Waals surface area contributed by atoms with Crippen LogP contribution in [0.25, 0.3) is 0 Å². The predicted octanol–water partition coefficient (Wildman–Crippen LogP) is 3.77. The molecule has 120 valence electrons. The van der Waals surface area contributed by atoms with Crippen molar-refractivity contribution < 1.29 is 9.59 Å². The van der Waals surface area contributed by atoms with E-state index >= 15 is 0 Å². The number of aryl methyl sites for hydroxylation is 1. The van der Waals surface area contributed by atoms with Gasteiger partial charge in [-0.05, 0) is 52.7 Å². The topological polar surface area (TPSA) is 40.6 Å². The quantitative estimate of drug-likeness (QED) is 0.816. The maximum atomic E-state index is 12.5. The minimum absolute atomic E-state index is 0.0115. The third kappa shape index (κ3) is 4.20. The minimum Gasteiger partial charge on any atom is -0.314 e. The summed E-state index contributed by atoms with van der Waals surface area (Å²) in [5.41, 5.74) is 2.57. The fourth-order valence-electron chi connectivity index (χ4n) is 2.23. The number of nitrogens with zero attached hydrogens (tertiary/aromatic N) is 2. The van der Waals surface area contributed by atoms with Crippen LogP contribution in [0.4, 0.5) is 11.4 Å². The van der Waals surface area contributed by atoms with Gasteiger partial charge in [-0.1, -0.05) is 24.3 Å². The SMILES string of the molecule is CC(=O)N(CC(=O)N(C)c1ccccc1)c1ccc(C)cc1Br. The van der Waals surface area contributed by atoms with Gasteiger partial charge in [-0.3, -0.25) is 9.59 Å². The van der Waals surface area contributed by atoms with Crippen LogP contribution in [0.1, 0.15) is 12.5 Å². The van der Waals surface area contributed by atoms with Crippen molar-refractivity contribution in [3.05, 3.63) is 58.6 Å². The molecule has 23 heavy (non-hydrogen) atoms. The van der Waals surface area contributed by atoms with Gasteiger partial charge in [0.1, 0.15) is 6.54 Å². The normalized spacial score (nSPS) is 10.3. The Morgan fingerprint density at radius 2 is 1.74 bits per heavy atom. The Morgan fingerprint density at radius 3 is 2.30 bits per heavy atom. The average Bonchev–Trinajstić information content (AvgIpc) is 2.53. The number of benzene rings is 2. The molecule has 0 N–H and O–H groups in total. The number of carbonyl (C=O) groups is 2. The molecule has 0 radical (unpaired) electrons. The molecule has 0 unspecified atom stereocenters. The zero-order chi connectivity index (χ0) is 17.0. The highest BCUT2D eigenvalue weighted by Gasteiger charge is 2.21. The number of hydrogen-bond donors (Lipinski definition) is 0. The Morgan fingerprint density at radius 1 is 1.09 bits per heavy atom. The van der Waals surface area contributed by atoms with Gasteiger partial charge in [0.2, 0.25) is 11.8 Å². The van der Waals surface area contributed by atoms with Crippen molar-refractivity contribution in [2.45, 2.75) is 13.8 Å². The Hall–Kier alpha value is -2.14. The van der Waals surface area contributed by atoms with E-state index in [9.17, 15) is 9.59 Å². The van der Waals surface area contributed by atoms with Crippen LogP contribution in [0.5, 0.6) is 0 Å². The molecule has 0 aromatic heterocycles. The van der Waals surface area contributed by atoms with Crippen LogP contribution >= 0.6 is 15.9 Å². The van der Waals surface area contributed by atoms with Gasteiger partial charge in [0, 0.05) is 24.1 Å². The van der Waals surface area contributed by atoms with Gasteiger partial charge >= 0.3 is 0 Å². The second kappa shape index (κ2) is 7.42. The summed E-state index contributed by atoms with van der Waals surface area (Å²) in [6, 6.07) is 15.0. The van der Waals surface area contributed by atoms with Gasteiger partial charge in [0.15, 0.2) is 0 Å². The van der Waals surface area contributed by atoms with E-state index in [2.05, 4.69) is 15.9 Å². The molecule has 0 saturated carbocycles. The maximum absolute atomic E-state index is 12.5. The Balaban J connectivity index is 2.23. The Kier molecular flexibility index (Phi) is 5.55. The molecular formula is C18H19BrN2O2. The largest absolute Gasteiger partial charge is 0.314 e. The summed E-state index contributed by atoms with van der Waals surface area (Å²) in [5, 5.41) is 0. The smallest absolute Gasteiger partial charge is 0.246 e. The number of amides is 2. The van der Waals surface area contributed by atoms with Crippen molar-refractivity contribution in [3.63, 3.8) is 0 Å². The number of anilines is 2. The van der Waals surface area contributed by atoms with Gasteiger partial charge < -0.3 is 9.80 Å². The van der Waals surface area contributed by atoms with E-state index in [1.54, 1.807) is 11.9 Å². The number of rotatable bonds is 4. The first-order chi connectivity index (χ1) is 10.9. The molecular weight excluding hydrogens is 356 g/mol. The van der Waals surface area contributed by atoms with E-state index < -0.39 is 0 Å². The van der Waals surface area contributed by atoms with Crippen molar-refractivity contribution in [3.8, 4) is 0 Å². The fourth-order valence-corrected chi connectivity index (χ4v) is 2.94. The molecule has 4 nitrogen and oxygen atoms in total. The van der Waals surface area contributed by atoms with Crippen LogP contribution in [0.2, 0.25) is 0 Å². The van der Waals surface area contributed by atoms with E-state index in [-0.39, 0.29) is 18.4 Å². The average molecular weight is 375 g/mol. The van der Waals surface area contributed by atoms with E-state index in [0.717, 1.165) is 15.7 Å². The molecule has 0 aliphatic rings. The number of carbonyl (C=O) groups excluding carboxylic acids is 2. The van der Waals surface area contributed by atoms with Gasteiger partial charge in [0.05, 0.1) is 5.69 Å². The van der Waals surface area contributed by atoms with Crippen LogP contribution in [-0.2, 0) is 9.59 Å². The molecule has 0 saturated heterocycles. The van der Waals surface area contributed by atoms with Crippen molar-refractivity contribution >= 4 is 39.1 Å². The number of para-hydroxylation sites is 1. The lowest BCUT2D eigenvalue weighted by molar-refractivity contribution is -0.121. The molecule has 0 bridgehead atoms. The van der Waals surface area contributed by atoms with Crippen molar-refractivity contribution in [1.82, 2.24) is 0 Å². The van der Waals surface area contributed by atoms with Crippen LogP contribution in [0, 0.1) is 6.92 Å². The first kappa shape index (κ1) is 17.2. The summed E-state index contributed by atoms with van der Waals surface area (Å²) in [5.74, 6) is -0.330. The van der Waals surface area contributed by atoms with Gasteiger partial charge in [-0.2, -0.15) is 0 Å². The van der Waals surface area contributed by atoms with Crippen LogP contribution < -0.4 is 9.80 Å². The Bertz CT molecular complexity index is 716. The molecule has 2 rings (SSSR count). The molecule has 0 fully saturated rings. The predicted molar refractivity (Wildman–Crippen MR) is 96.8 cm³/mol. The highest BCUT2D eigenvalue weighted by molar-refractivity contribution is 9.10. The van der Waals surface area contributed by atoms with Crippen LogP contribution in [0.3, 0.4) is 0 Å². The lowest BCUT2D eigenvalue weighted by atomic mass is 10.2. The molecule has 2 aromatic rings. The third-order valence-electron chi connectivity index (χ3n) is 3.59. The van der Waals surface area contributed by atoms with Crippen LogP contribution in [0.15, 0.2) is 53.0 Å². The lowest BCUT2D eigenvalue weighted by Gasteiger charge is -2.25. The lowest BCUT2D eigenvalue weighted by Crippen LogP contribution is -2.41. The van der Waals surface area contributed by atoms with Crippen LogP contribution in [-0.4, -0.2) is 25.4 Å². The van der Waals surface area contributed by atoms with E-state index in [1.807, 2.05) is 55.5 Å². The monoisotopic (exact) mass is 374 g/mol. The van der Waals surface area contributed by atoms with Crippen molar-refractivity contribution in [2.75, 3.05) is 23.4 Å². The van der Waals surface area contributed by atoms with Crippen molar-refractivity contribution in [1.29, 1.82) is 0 Å². The summed E-state index contributed by atoms with van der Waals surface area (Å²) in [7, 11) is 1.71. The number of halogens is 1. The molecule has 0 aliphatic carbocycles. The van der Waals surface area contributed by atoms with E-state index in [4.69, 9.17) is 0 Å². The molecule has 0 spiro atoms. The zero-order valence-corrected chi connectivity index (χ0v) is 15.0. The molecule has 2 amide bonds. The third-order valence-corrected chi connectivity index (χ3v) is 4.22. The summed E-state index contributed by atoms with van der Waals surface area (Å²) in [4.78, 5) is 27.6. The fraction of sp³-hybridized carbons (Fsp3) is 0.222. The molecule has 0 heterocycles.